The first-order chi connectivity index (χ1) is 12.5. The van der Waals surface area contributed by atoms with Crippen LogP contribution in [0.15, 0.2) is 70.3 Å². The summed E-state index contributed by atoms with van der Waals surface area (Å²) in [5.41, 5.74) is 2.47. The molecule has 132 valence electrons. The zero-order valence-electron chi connectivity index (χ0n) is 14.0. The van der Waals surface area contributed by atoms with E-state index < -0.39 is 27.0 Å². The third-order valence-electron chi connectivity index (χ3n) is 4.59. The fourth-order valence-electron chi connectivity index (χ4n) is 3.28. The summed E-state index contributed by atoms with van der Waals surface area (Å²) in [6.45, 7) is 1.88. The van der Waals surface area contributed by atoms with E-state index >= 15 is 0 Å². The molecule has 0 saturated carbocycles. The van der Waals surface area contributed by atoms with Crippen LogP contribution in [0.2, 0.25) is 0 Å². The van der Waals surface area contributed by atoms with Crippen molar-refractivity contribution in [2.75, 3.05) is 0 Å². The third-order valence-corrected chi connectivity index (χ3v) is 7.35. The van der Waals surface area contributed by atoms with Crippen molar-refractivity contribution in [3.63, 3.8) is 0 Å². The molecule has 26 heavy (non-hydrogen) atoms. The molecule has 4 rings (SSSR count). The molecule has 0 saturated heterocycles. The lowest BCUT2D eigenvalue weighted by Crippen LogP contribution is -2.42. The van der Waals surface area contributed by atoms with E-state index in [0.717, 1.165) is 11.1 Å². The largest absolute Gasteiger partial charge is 0.425 e. The minimum Gasteiger partial charge on any atom is -0.425 e. The number of hydrogen-bond acceptors (Lipinski definition) is 5. The van der Waals surface area contributed by atoms with Crippen LogP contribution in [0.25, 0.3) is 0 Å². The SMILES string of the molecule is Cc1ccc(S(=O)(=O)C2C(=O)Oc3ccccc3C2c2ccsc2)cc1. The first-order valence-corrected chi connectivity index (χ1v) is 10.6. The second-order valence-corrected chi connectivity index (χ2v) is 9.12. The van der Waals surface area contributed by atoms with Gasteiger partial charge in [-0.25, -0.2) is 8.42 Å². The van der Waals surface area contributed by atoms with Crippen LogP contribution in [0.1, 0.15) is 22.6 Å². The third kappa shape index (κ3) is 2.75. The standard InChI is InChI=1S/C20H16O4S2/c1-13-6-8-15(9-7-13)26(22,23)19-18(14-10-11-25-12-14)16-4-2-3-5-17(16)24-20(19)21/h2-12,18-19H,1H3. The van der Waals surface area contributed by atoms with Crippen LogP contribution in [0.5, 0.6) is 5.75 Å². The number of para-hydroxylation sites is 1. The molecule has 0 spiro atoms. The highest BCUT2D eigenvalue weighted by atomic mass is 32.2. The Labute approximate surface area is 156 Å². The van der Waals surface area contributed by atoms with Crippen molar-refractivity contribution < 1.29 is 17.9 Å². The van der Waals surface area contributed by atoms with Gasteiger partial charge in [0.25, 0.3) is 0 Å². The number of sulfone groups is 1. The fraction of sp³-hybridized carbons (Fsp3) is 0.150. The summed E-state index contributed by atoms with van der Waals surface area (Å²) in [6.07, 6.45) is 0. The number of esters is 1. The summed E-state index contributed by atoms with van der Waals surface area (Å²) in [5.74, 6) is -0.908. The highest BCUT2D eigenvalue weighted by Gasteiger charge is 2.47. The summed E-state index contributed by atoms with van der Waals surface area (Å²) < 4.78 is 32.0. The molecule has 2 heterocycles. The Hall–Kier alpha value is -2.44. The number of carbonyl (C=O) groups excluding carboxylic acids is 1. The van der Waals surface area contributed by atoms with E-state index in [0.29, 0.717) is 11.3 Å². The maximum atomic E-state index is 13.3. The molecule has 1 aliphatic rings. The van der Waals surface area contributed by atoms with Crippen molar-refractivity contribution in [2.45, 2.75) is 23.0 Å². The lowest BCUT2D eigenvalue weighted by molar-refractivity contribution is -0.135. The predicted octanol–water partition coefficient (Wildman–Crippen LogP) is 3.95. The summed E-state index contributed by atoms with van der Waals surface area (Å²) in [5, 5.41) is 2.46. The number of rotatable bonds is 3. The molecule has 2 atom stereocenters. The summed E-state index contributed by atoms with van der Waals surface area (Å²) >= 11 is 1.47. The smallest absolute Gasteiger partial charge is 0.331 e. The molecule has 0 amide bonds. The molecule has 1 aromatic heterocycles. The van der Waals surface area contributed by atoms with Gasteiger partial charge in [-0.1, -0.05) is 35.9 Å². The van der Waals surface area contributed by atoms with E-state index in [1.54, 1.807) is 36.4 Å². The average Bonchev–Trinajstić information content (AvgIpc) is 3.15. The van der Waals surface area contributed by atoms with Crippen molar-refractivity contribution in [3.05, 3.63) is 82.0 Å². The molecule has 0 aliphatic carbocycles. The first kappa shape index (κ1) is 17.0. The molecule has 0 bridgehead atoms. The van der Waals surface area contributed by atoms with Crippen LogP contribution < -0.4 is 4.74 Å². The Balaban J connectivity index is 1.91. The Morgan fingerprint density at radius 1 is 1.00 bits per heavy atom. The van der Waals surface area contributed by atoms with Crippen LogP contribution in [0, 0.1) is 6.92 Å². The molecule has 4 nitrogen and oxygen atoms in total. The maximum absolute atomic E-state index is 13.3. The Kier molecular flexibility index (Phi) is 4.17. The van der Waals surface area contributed by atoms with E-state index in [4.69, 9.17) is 4.74 Å². The van der Waals surface area contributed by atoms with E-state index in [1.165, 1.54) is 11.3 Å². The average molecular weight is 384 g/mol. The van der Waals surface area contributed by atoms with Gasteiger partial charge < -0.3 is 4.74 Å². The Bertz CT molecular complexity index is 1050. The van der Waals surface area contributed by atoms with Gasteiger partial charge in [0.1, 0.15) is 5.75 Å². The Morgan fingerprint density at radius 2 is 1.73 bits per heavy atom. The molecule has 0 fully saturated rings. The highest BCUT2D eigenvalue weighted by Crippen LogP contribution is 2.43. The van der Waals surface area contributed by atoms with Gasteiger partial charge in [-0.05, 0) is 47.5 Å². The quantitative estimate of drug-likeness (QED) is 0.507. The lowest BCUT2D eigenvalue weighted by Gasteiger charge is -2.31. The number of ether oxygens (including phenoxy) is 1. The zero-order valence-corrected chi connectivity index (χ0v) is 15.6. The molecule has 1 aliphatic heterocycles. The summed E-state index contributed by atoms with van der Waals surface area (Å²) in [6, 6.07) is 15.5. The van der Waals surface area contributed by atoms with Crippen molar-refractivity contribution in [1.82, 2.24) is 0 Å². The minimum atomic E-state index is -3.92. The predicted molar refractivity (Wildman–Crippen MR) is 100 cm³/mol. The first-order valence-electron chi connectivity index (χ1n) is 8.12. The molecule has 2 aromatic carbocycles. The highest BCUT2D eigenvalue weighted by molar-refractivity contribution is 7.92. The monoisotopic (exact) mass is 384 g/mol. The van der Waals surface area contributed by atoms with Crippen LogP contribution in [0.4, 0.5) is 0 Å². The van der Waals surface area contributed by atoms with Crippen LogP contribution >= 0.6 is 11.3 Å². The number of carbonyl (C=O) groups is 1. The van der Waals surface area contributed by atoms with E-state index in [9.17, 15) is 13.2 Å². The van der Waals surface area contributed by atoms with Crippen molar-refractivity contribution in [2.24, 2.45) is 0 Å². The number of thiophene rings is 1. The second-order valence-electron chi connectivity index (χ2n) is 6.27. The molecule has 6 heteroatoms. The zero-order chi connectivity index (χ0) is 18.3. The van der Waals surface area contributed by atoms with E-state index in [2.05, 4.69) is 0 Å². The topological polar surface area (TPSA) is 60.4 Å². The number of benzene rings is 2. The van der Waals surface area contributed by atoms with Gasteiger partial charge in [0.15, 0.2) is 15.1 Å². The number of aryl methyl sites for hydroxylation is 1. The summed E-state index contributed by atoms with van der Waals surface area (Å²) in [4.78, 5) is 12.9. The minimum absolute atomic E-state index is 0.129. The molecular weight excluding hydrogens is 368 g/mol. The van der Waals surface area contributed by atoms with Crippen molar-refractivity contribution in [1.29, 1.82) is 0 Å². The number of fused-ring (bicyclic) bond motifs is 1. The summed E-state index contributed by atoms with van der Waals surface area (Å²) in [7, 11) is -3.92. The second kappa shape index (κ2) is 6.37. The molecule has 2 unspecified atom stereocenters. The maximum Gasteiger partial charge on any atom is 0.331 e. The Morgan fingerprint density at radius 3 is 2.42 bits per heavy atom. The van der Waals surface area contributed by atoms with Crippen LogP contribution in [0.3, 0.4) is 0 Å². The van der Waals surface area contributed by atoms with Crippen LogP contribution in [-0.4, -0.2) is 19.6 Å². The van der Waals surface area contributed by atoms with Gasteiger partial charge in [-0.15, -0.1) is 0 Å². The van der Waals surface area contributed by atoms with E-state index in [-0.39, 0.29) is 4.90 Å². The van der Waals surface area contributed by atoms with Gasteiger partial charge in [-0.3, -0.25) is 4.79 Å². The molecule has 0 N–H and O–H groups in total. The molecular formula is C20H16O4S2. The molecule has 3 aromatic rings. The number of hydrogen-bond donors (Lipinski definition) is 0. The van der Waals surface area contributed by atoms with E-state index in [1.807, 2.05) is 35.9 Å². The van der Waals surface area contributed by atoms with Gasteiger partial charge >= 0.3 is 5.97 Å². The van der Waals surface area contributed by atoms with Gasteiger partial charge in [-0.2, -0.15) is 11.3 Å². The van der Waals surface area contributed by atoms with Crippen LogP contribution in [-0.2, 0) is 14.6 Å². The normalized spacial score (nSPS) is 19.7. The van der Waals surface area contributed by atoms with Gasteiger partial charge in [0, 0.05) is 11.5 Å². The lowest BCUT2D eigenvalue weighted by atomic mass is 9.87. The van der Waals surface area contributed by atoms with Gasteiger partial charge in [0.2, 0.25) is 0 Å². The fourth-order valence-corrected chi connectivity index (χ4v) is 5.75. The van der Waals surface area contributed by atoms with Gasteiger partial charge in [0.05, 0.1) is 4.90 Å². The van der Waals surface area contributed by atoms with Crippen molar-refractivity contribution >= 4 is 27.1 Å². The van der Waals surface area contributed by atoms with Crippen molar-refractivity contribution in [3.8, 4) is 5.75 Å². The molecule has 0 radical (unpaired) electrons.